The van der Waals surface area contributed by atoms with Crippen molar-refractivity contribution in [2.75, 3.05) is 0 Å². The molecule has 0 amide bonds. The van der Waals surface area contributed by atoms with E-state index in [0.29, 0.717) is 5.92 Å². The summed E-state index contributed by atoms with van der Waals surface area (Å²) < 4.78 is 0. The highest BCUT2D eigenvalue weighted by atomic mass is 14.1. The van der Waals surface area contributed by atoms with Crippen molar-refractivity contribution in [1.82, 2.24) is 0 Å². The molecule has 0 unspecified atom stereocenters. The van der Waals surface area contributed by atoms with Gasteiger partial charge in [0.2, 0.25) is 0 Å². The summed E-state index contributed by atoms with van der Waals surface area (Å²) in [6, 6.07) is 10.7. The predicted octanol–water partition coefficient (Wildman–Crippen LogP) is 10.2. The lowest BCUT2D eigenvalue weighted by Crippen LogP contribution is -2.00. The molecule has 0 aliphatic rings. The van der Waals surface area contributed by atoms with Gasteiger partial charge in [-0.2, -0.15) is 0 Å². The molecule has 1 rings (SSSR count). The molecule has 0 heteroatoms. The number of benzene rings is 1. The smallest absolute Gasteiger partial charge is 0.0167 e. The second-order valence-electron chi connectivity index (χ2n) is 9.92. The van der Waals surface area contributed by atoms with Gasteiger partial charge in [-0.15, -0.1) is 0 Å². The van der Waals surface area contributed by atoms with E-state index in [1.165, 1.54) is 24.8 Å². The number of rotatable bonds is 6. The van der Waals surface area contributed by atoms with E-state index < -0.39 is 0 Å². The molecule has 0 radical (unpaired) electrons. The second kappa shape index (κ2) is 20.9. The first-order valence-electron chi connectivity index (χ1n) is 11.9. The Kier molecular flexibility index (Phi) is 23.9. The molecular formula is C28H56. The third-order valence-electron chi connectivity index (χ3n) is 5.34. The molecule has 1 aromatic rings. The van der Waals surface area contributed by atoms with Crippen molar-refractivity contribution in [3.8, 4) is 0 Å². The average molecular weight is 393 g/mol. The van der Waals surface area contributed by atoms with Crippen LogP contribution < -0.4 is 0 Å². The molecule has 0 saturated heterocycles. The Morgan fingerprint density at radius 1 is 0.571 bits per heavy atom. The van der Waals surface area contributed by atoms with E-state index in [0.717, 1.165) is 29.6 Å². The van der Waals surface area contributed by atoms with E-state index in [2.05, 4.69) is 120 Å². The normalized spacial score (nSPS) is 11.5. The summed E-state index contributed by atoms with van der Waals surface area (Å²) in [5, 5.41) is 0. The molecule has 0 bridgehead atoms. The van der Waals surface area contributed by atoms with Crippen LogP contribution in [0.25, 0.3) is 0 Å². The van der Waals surface area contributed by atoms with Crippen LogP contribution in [0.4, 0.5) is 0 Å². The summed E-state index contributed by atoms with van der Waals surface area (Å²) in [5.74, 6) is 4.90. The van der Waals surface area contributed by atoms with Crippen LogP contribution in [-0.4, -0.2) is 0 Å². The van der Waals surface area contributed by atoms with E-state index in [1.54, 1.807) is 0 Å². The molecular weight excluding hydrogens is 336 g/mol. The third kappa shape index (κ3) is 25.2. The van der Waals surface area contributed by atoms with Gasteiger partial charge in [-0.3, -0.25) is 0 Å². The maximum atomic E-state index is 2.28. The van der Waals surface area contributed by atoms with Gasteiger partial charge in [0, 0.05) is 0 Å². The van der Waals surface area contributed by atoms with E-state index in [1.807, 2.05) is 0 Å². The highest BCUT2D eigenvalue weighted by Gasteiger charge is 2.07. The summed E-state index contributed by atoms with van der Waals surface area (Å²) in [6.45, 7) is 29.1. The molecule has 1 atom stereocenters. The SMILES string of the molecule is CC(C)C(C)C.CC(C)[C@@H](C)c1ccccc1.CCC(C)C.CCCC(C)C. The van der Waals surface area contributed by atoms with E-state index in [-0.39, 0.29) is 0 Å². The van der Waals surface area contributed by atoms with Crippen LogP contribution in [0.2, 0.25) is 0 Å². The van der Waals surface area contributed by atoms with Crippen LogP contribution in [0.15, 0.2) is 30.3 Å². The van der Waals surface area contributed by atoms with Gasteiger partial charge in [0.1, 0.15) is 0 Å². The molecule has 0 heterocycles. The fourth-order valence-corrected chi connectivity index (χ4v) is 1.72. The minimum absolute atomic E-state index is 0.677. The van der Waals surface area contributed by atoms with Gasteiger partial charge in [0.15, 0.2) is 0 Å². The lowest BCUT2D eigenvalue weighted by molar-refractivity contribution is 0.457. The summed E-state index contributed by atoms with van der Waals surface area (Å²) >= 11 is 0. The summed E-state index contributed by atoms with van der Waals surface area (Å²) in [5.41, 5.74) is 1.45. The minimum Gasteiger partial charge on any atom is -0.0654 e. The van der Waals surface area contributed by atoms with Gasteiger partial charge in [0.05, 0.1) is 0 Å². The maximum absolute atomic E-state index is 2.28. The molecule has 0 aromatic heterocycles. The Hall–Kier alpha value is -0.780. The van der Waals surface area contributed by atoms with Crippen LogP contribution in [-0.2, 0) is 0 Å². The molecule has 0 fully saturated rings. The topological polar surface area (TPSA) is 0 Å². The van der Waals surface area contributed by atoms with Crippen LogP contribution in [0.5, 0.6) is 0 Å². The van der Waals surface area contributed by atoms with Crippen LogP contribution >= 0.6 is 0 Å². The Morgan fingerprint density at radius 2 is 0.964 bits per heavy atom. The van der Waals surface area contributed by atoms with Crippen molar-refractivity contribution < 1.29 is 0 Å². The average Bonchev–Trinajstić information content (AvgIpc) is 2.63. The van der Waals surface area contributed by atoms with Gasteiger partial charge in [-0.25, -0.2) is 0 Å². The van der Waals surface area contributed by atoms with Gasteiger partial charge in [-0.05, 0) is 41.1 Å². The zero-order valence-corrected chi connectivity index (χ0v) is 22.0. The van der Waals surface area contributed by atoms with Crippen molar-refractivity contribution >= 4 is 0 Å². The van der Waals surface area contributed by atoms with Crippen molar-refractivity contribution in [3.63, 3.8) is 0 Å². The molecule has 0 nitrogen and oxygen atoms in total. The monoisotopic (exact) mass is 392 g/mol. The van der Waals surface area contributed by atoms with E-state index >= 15 is 0 Å². The fraction of sp³-hybridized carbons (Fsp3) is 0.786. The third-order valence-corrected chi connectivity index (χ3v) is 5.34. The Labute approximate surface area is 180 Å². The molecule has 28 heavy (non-hydrogen) atoms. The molecule has 0 aliphatic carbocycles. The minimum atomic E-state index is 0.677. The first-order chi connectivity index (χ1) is 12.9. The van der Waals surface area contributed by atoms with Gasteiger partial charge in [-0.1, -0.05) is 140 Å². The first kappa shape index (κ1) is 31.9. The summed E-state index contributed by atoms with van der Waals surface area (Å²) in [7, 11) is 0. The van der Waals surface area contributed by atoms with Crippen molar-refractivity contribution in [3.05, 3.63) is 35.9 Å². The van der Waals surface area contributed by atoms with Crippen molar-refractivity contribution in [2.45, 2.75) is 115 Å². The molecule has 0 spiro atoms. The lowest BCUT2D eigenvalue weighted by Gasteiger charge is -2.15. The van der Waals surface area contributed by atoms with Crippen LogP contribution in [0.1, 0.15) is 121 Å². The Balaban J connectivity index is -0.000000319. The standard InChI is InChI=1S/C11H16.2C6H14.C5H12/c1-9(2)10(3)11-7-5-4-6-8-11;1-5(2)6(3)4;1-4-5-6(2)3;1-4-5(2)3/h4-10H,1-3H3;5-6H,1-4H3;6H,4-5H2,1-3H3;5H,4H2,1-3H3/t10-;;;/m1.../s1. The van der Waals surface area contributed by atoms with E-state index in [9.17, 15) is 0 Å². The van der Waals surface area contributed by atoms with Gasteiger partial charge >= 0.3 is 0 Å². The molecule has 1 aromatic carbocycles. The zero-order chi connectivity index (χ0) is 22.7. The highest BCUT2D eigenvalue weighted by molar-refractivity contribution is 5.18. The van der Waals surface area contributed by atoms with Crippen molar-refractivity contribution in [2.24, 2.45) is 29.6 Å². The molecule has 168 valence electrons. The van der Waals surface area contributed by atoms with Gasteiger partial charge in [0.25, 0.3) is 0 Å². The van der Waals surface area contributed by atoms with Gasteiger partial charge < -0.3 is 0 Å². The van der Waals surface area contributed by atoms with Crippen LogP contribution in [0.3, 0.4) is 0 Å². The number of hydrogen-bond acceptors (Lipinski definition) is 0. The molecule has 0 saturated carbocycles. The Morgan fingerprint density at radius 3 is 1.14 bits per heavy atom. The Bertz CT molecular complexity index is 378. The predicted molar refractivity (Wildman–Crippen MR) is 134 cm³/mol. The lowest BCUT2D eigenvalue weighted by atomic mass is 9.91. The summed E-state index contributed by atoms with van der Waals surface area (Å²) in [6.07, 6.45) is 4.01. The second-order valence-corrected chi connectivity index (χ2v) is 9.92. The maximum Gasteiger partial charge on any atom is -0.0167 e. The highest BCUT2D eigenvalue weighted by Crippen LogP contribution is 2.22. The van der Waals surface area contributed by atoms with Crippen LogP contribution in [0, 0.1) is 29.6 Å². The largest absolute Gasteiger partial charge is 0.0654 e. The fourth-order valence-electron chi connectivity index (χ4n) is 1.72. The quantitative estimate of drug-likeness (QED) is 0.451. The first-order valence-corrected chi connectivity index (χ1v) is 11.9. The molecule has 0 aliphatic heterocycles. The van der Waals surface area contributed by atoms with Crippen molar-refractivity contribution in [1.29, 1.82) is 0 Å². The zero-order valence-electron chi connectivity index (χ0n) is 22.0. The number of hydrogen-bond donors (Lipinski definition) is 0. The molecule has 0 N–H and O–H groups in total. The summed E-state index contributed by atoms with van der Waals surface area (Å²) in [4.78, 5) is 0. The van der Waals surface area contributed by atoms with E-state index in [4.69, 9.17) is 0 Å².